The number of benzene rings is 2. The molecule has 1 aliphatic heterocycles. The number of carbonyl (C=O) groups is 2. The molecule has 0 radical (unpaired) electrons. The predicted molar refractivity (Wildman–Crippen MR) is 110 cm³/mol. The van der Waals surface area contributed by atoms with Crippen molar-refractivity contribution in [2.24, 2.45) is 0 Å². The Morgan fingerprint density at radius 1 is 0.900 bits per heavy atom. The van der Waals surface area contributed by atoms with Gasteiger partial charge < -0.3 is 0 Å². The fourth-order valence-electron chi connectivity index (χ4n) is 3.88. The number of halogens is 1. The van der Waals surface area contributed by atoms with Crippen LogP contribution in [-0.2, 0) is 0 Å². The number of rotatable bonds is 3. The van der Waals surface area contributed by atoms with Crippen LogP contribution in [0, 0.1) is 5.82 Å². The van der Waals surface area contributed by atoms with Crippen molar-refractivity contribution in [3.8, 4) is 11.4 Å². The lowest BCUT2D eigenvalue weighted by Gasteiger charge is -2.25. The number of hydrogen-bond donors (Lipinski definition) is 0. The lowest BCUT2D eigenvalue weighted by molar-refractivity contribution is 0.0595. The molecule has 0 spiro atoms. The van der Waals surface area contributed by atoms with E-state index in [1.807, 2.05) is 12.1 Å². The van der Waals surface area contributed by atoms with Crippen LogP contribution >= 0.6 is 0 Å². The summed E-state index contributed by atoms with van der Waals surface area (Å²) >= 11 is 0. The molecule has 1 atom stereocenters. The van der Waals surface area contributed by atoms with Gasteiger partial charge in [-0.05, 0) is 49.4 Å². The van der Waals surface area contributed by atoms with E-state index >= 15 is 0 Å². The highest BCUT2D eigenvalue weighted by atomic mass is 19.1. The van der Waals surface area contributed by atoms with Crippen molar-refractivity contribution in [3.63, 3.8) is 0 Å². The van der Waals surface area contributed by atoms with E-state index in [2.05, 4.69) is 9.97 Å². The maximum atomic E-state index is 13.8. The third kappa shape index (κ3) is 2.76. The maximum Gasteiger partial charge on any atom is 0.262 e. The normalized spacial score (nSPS) is 14.3. The summed E-state index contributed by atoms with van der Waals surface area (Å²) in [6.07, 6.45) is 1.64. The summed E-state index contributed by atoms with van der Waals surface area (Å²) in [6.45, 7) is 1.79. The third-order valence-electron chi connectivity index (χ3n) is 5.38. The van der Waals surface area contributed by atoms with Gasteiger partial charge in [-0.15, -0.1) is 0 Å². The fourth-order valence-corrected chi connectivity index (χ4v) is 3.88. The highest BCUT2D eigenvalue weighted by Crippen LogP contribution is 2.36. The number of fused-ring (bicyclic) bond motifs is 2. The van der Waals surface area contributed by atoms with Gasteiger partial charge in [0.1, 0.15) is 5.82 Å². The first-order valence-corrected chi connectivity index (χ1v) is 9.53. The monoisotopic (exact) mass is 397 g/mol. The van der Waals surface area contributed by atoms with Gasteiger partial charge in [0.15, 0.2) is 0 Å². The average molecular weight is 397 g/mol. The van der Waals surface area contributed by atoms with Gasteiger partial charge in [0, 0.05) is 23.2 Å². The van der Waals surface area contributed by atoms with Gasteiger partial charge in [0.2, 0.25) is 0 Å². The number of carbonyl (C=O) groups excluding carboxylic acids is 2. The lowest BCUT2D eigenvalue weighted by atomic mass is 10.00. The number of aromatic nitrogens is 2. The first-order valence-electron chi connectivity index (χ1n) is 9.53. The molecule has 0 bridgehead atoms. The summed E-state index contributed by atoms with van der Waals surface area (Å²) in [5.41, 5.74) is 3.03. The molecule has 3 heterocycles. The quantitative estimate of drug-likeness (QED) is 0.466. The first kappa shape index (κ1) is 18.1. The molecule has 6 heteroatoms. The number of nitrogens with zero attached hydrogens (tertiary/aromatic N) is 3. The molecule has 2 aromatic heterocycles. The average Bonchev–Trinajstić information content (AvgIpc) is 3.03. The maximum absolute atomic E-state index is 13.8. The Bertz CT molecular complexity index is 1290. The number of imide groups is 1. The molecule has 5 rings (SSSR count). The minimum Gasteiger partial charge on any atom is -0.269 e. The zero-order chi connectivity index (χ0) is 20.8. The van der Waals surface area contributed by atoms with Gasteiger partial charge in [0.25, 0.3) is 11.8 Å². The van der Waals surface area contributed by atoms with E-state index in [1.165, 1.54) is 17.0 Å². The van der Waals surface area contributed by atoms with Gasteiger partial charge >= 0.3 is 0 Å². The van der Waals surface area contributed by atoms with Crippen molar-refractivity contribution >= 4 is 22.7 Å². The molecule has 0 saturated heterocycles. The van der Waals surface area contributed by atoms with Gasteiger partial charge in [-0.25, -0.2) is 9.37 Å². The number of pyridine rings is 2. The van der Waals surface area contributed by atoms with Gasteiger partial charge in [-0.1, -0.05) is 18.2 Å². The van der Waals surface area contributed by atoms with Crippen molar-refractivity contribution in [1.29, 1.82) is 0 Å². The molecule has 0 unspecified atom stereocenters. The second-order valence-electron chi connectivity index (χ2n) is 7.18. The second-order valence-corrected chi connectivity index (χ2v) is 7.18. The molecule has 0 saturated carbocycles. The Morgan fingerprint density at radius 2 is 1.60 bits per heavy atom. The van der Waals surface area contributed by atoms with E-state index in [1.54, 1.807) is 55.6 Å². The third-order valence-corrected chi connectivity index (χ3v) is 5.38. The molecule has 2 aromatic carbocycles. The van der Waals surface area contributed by atoms with Gasteiger partial charge in [0.05, 0.1) is 34.1 Å². The first-order chi connectivity index (χ1) is 14.5. The Balaban J connectivity index is 1.69. The highest BCUT2D eigenvalue weighted by molar-refractivity contribution is 6.21. The van der Waals surface area contributed by atoms with Crippen molar-refractivity contribution in [1.82, 2.24) is 14.9 Å². The second kappa shape index (κ2) is 6.84. The predicted octanol–water partition coefficient (Wildman–Crippen LogP) is 4.79. The summed E-state index contributed by atoms with van der Waals surface area (Å²) in [5.74, 6) is -1.06. The summed E-state index contributed by atoms with van der Waals surface area (Å²) < 4.78 is 13.8. The number of hydrogen-bond acceptors (Lipinski definition) is 4. The Hall–Kier alpha value is -3.93. The topological polar surface area (TPSA) is 63.2 Å². The van der Waals surface area contributed by atoms with Crippen LogP contribution in [0.15, 0.2) is 72.9 Å². The largest absolute Gasteiger partial charge is 0.269 e. The van der Waals surface area contributed by atoms with Crippen LogP contribution in [0.1, 0.15) is 39.2 Å². The molecule has 0 fully saturated rings. The van der Waals surface area contributed by atoms with Crippen LogP contribution in [0.5, 0.6) is 0 Å². The van der Waals surface area contributed by atoms with Crippen molar-refractivity contribution < 1.29 is 14.0 Å². The van der Waals surface area contributed by atoms with E-state index in [-0.39, 0.29) is 17.6 Å². The van der Waals surface area contributed by atoms with E-state index in [0.717, 1.165) is 5.39 Å². The Kier molecular flexibility index (Phi) is 4.13. The molecular formula is C24H16FN3O2. The molecule has 0 aliphatic carbocycles. The minimum absolute atomic E-state index is 0.339. The van der Waals surface area contributed by atoms with Crippen LogP contribution < -0.4 is 0 Å². The molecule has 1 aliphatic rings. The summed E-state index contributed by atoms with van der Waals surface area (Å²) in [6, 6.07) is 17.8. The molecule has 30 heavy (non-hydrogen) atoms. The fraction of sp³-hybridized carbons (Fsp3) is 0.0833. The highest BCUT2D eigenvalue weighted by Gasteiger charge is 2.39. The standard InChI is InChI=1S/C24H16FN3O2/c1-14(28-23(29)17-6-2-3-7-18(17)24(28)30)19-12-15-9-10-16(25)13-21(15)27-22(19)20-8-4-5-11-26-20/h2-14H,1H3/t14-/m0/s1. The van der Waals surface area contributed by atoms with Crippen molar-refractivity contribution in [2.75, 3.05) is 0 Å². The molecule has 2 amide bonds. The van der Waals surface area contributed by atoms with Crippen LogP contribution in [0.4, 0.5) is 4.39 Å². The molecule has 5 nitrogen and oxygen atoms in total. The SMILES string of the molecule is C[C@@H](c1cc2ccc(F)cc2nc1-c1ccccn1)N1C(=O)c2ccccc2C1=O. The van der Waals surface area contributed by atoms with Crippen LogP contribution in [0.3, 0.4) is 0 Å². The van der Waals surface area contributed by atoms with Crippen LogP contribution in [0.25, 0.3) is 22.3 Å². The van der Waals surface area contributed by atoms with Crippen molar-refractivity contribution in [3.05, 3.63) is 95.4 Å². The van der Waals surface area contributed by atoms with Crippen LogP contribution in [0.2, 0.25) is 0 Å². The molecular weight excluding hydrogens is 381 g/mol. The smallest absolute Gasteiger partial charge is 0.262 e. The summed E-state index contributed by atoms with van der Waals surface area (Å²) in [7, 11) is 0. The summed E-state index contributed by atoms with van der Waals surface area (Å²) in [5, 5.41) is 0.717. The minimum atomic E-state index is -0.587. The van der Waals surface area contributed by atoms with E-state index in [4.69, 9.17) is 0 Å². The van der Waals surface area contributed by atoms with E-state index in [9.17, 15) is 14.0 Å². The molecule has 4 aromatic rings. The van der Waals surface area contributed by atoms with E-state index in [0.29, 0.717) is 33.6 Å². The number of amides is 2. The molecule has 0 N–H and O–H groups in total. The van der Waals surface area contributed by atoms with Crippen LogP contribution in [-0.4, -0.2) is 26.7 Å². The Labute approximate surface area is 171 Å². The summed E-state index contributed by atoms with van der Waals surface area (Å²) in [4.78, 5) is 36.3. The Morgan fingerprint density at radius 3 is 2.27 bits per heavy atom. The zero-order valence-corrected chi connectivity index (χ0v) is 16.0. The van der Waals surface area contributed by atoms with Crippen molar-refractivity contribution in [2.45, 2.75) is 13.0 Å². The zero-order valence-electron chi connectivity index (χ0n) is 16.0. The van der Waals surface area contributed by atoms with E-state index < -0.39 is 6.04 Å². The lowest BCUT2D eigenvalue weighted by Crippen LogP contribution is -2.33. The van der Waals surface area contributed by atoms with Gasteiger partial charge in [-0.2, -0.15) is 0 Å². The van der Waals surface area contributed by atoms with Gasteiger partial charge in [-0.3, -0.25) is 19.5 Å². The molecule has 146 valence electrons.